The zero-order valence-electron chi connectivity index (χ0n) is 14.8. The molecule has 3 aliphatic heterocycles. The normalized spacial score (nSPS) is 27.0. The van der Waals surface area contributed by atoms with E-state index in [2.05, 4.69) is 10.8 Å². The Labute approximate surface area is 156 Å². The van der Waals surface area contributed by atoms with E-state index in [1.54, 1.807) is 0 Å². The second-order valence-corrected chi connectivity index (χ2v) is 6.98. The molecule has 4 rings (SSSR count). The Kier molecular flexibility index (Phi) is 4.95. The molecule has 9 nitrogen and oxygen atoms in total. The molecule has 144 valence electrons. The van der Waals surface area contributed by atoms with Crippen LogP contribution >= 0.6 is 0 Å². The molecular weight excluding hydrogens is 352 g/mol. The SMILES string of the molecule is O=C1C[C@@H](ONC(=O)[C@@H]2CC[C@@H]3CN2C(=O)N3OCc2ccccc2)CN1. The van der Waals surface area contributed by atoms with Crippen LogP contribution in [0.15, 0.2) is 30.3 Å². The number of carbonyl (C=O) groups is 3. The van der Waals surface area contributed by atoms with Gasteiger partial charge in [0.15, 0.2) is 0 Å². The second-order valence-electron chi connectivity index (χ2n) is 6.98. The summed E-state index contributed by atoms with van der Waals surface area (Å²) in [4.78, 5) is 48.9. The van der Waals surface area contributed by atoms with Gasteiger partial charge in [0.1, 0.15) is 18.8 Å². The van der Waals surface area contributed by atoms with E-state index >= 15 is 0 Å². The maximum Gasteiger partial charge on any atom is 0.345 e. The third-order valence-corrected chi connectivity index (χ3v) is 5.10. The molecule has 3 heterocycles. The van der Waals surface area contributed by atoms with Gasteiger partial charge in [-0.2, -0.15) is 5.06 Å². The number of nitrogens with one attached hydrogen (secondary N) is 2. The first kappa shape index (κ1) is 17.7. The van der Waals surface area contributed by atoms with E-state index in [0.29, 0.717) is 32.5 Å². The summed E-state index contributed by atoms with van der Waals surface area (Å²) in [5.74, 6) is -0.471. The maximum atomic E-state index is 12.7. The molecule has 9 heteroatoms. The third-order valence-electron chi connectivity index (χ3n) is 5.10. The Bertz CT molecular complexity index is 728. The van der Waals surface area contributed by atoms with Gasteiger partial charge >= 0.3 is 6.03 Å². The highest BCUT2D eigenvalue weighted by Crippen LogP contribution is 2.30. The van der Waals surface area contributed by atoms with Gasteiger partial charge in [0.2, 0.25) is 5.91 Å². The summed E-state index contributed by atoms with van der Waals surface area (Å²) >= 11 is 0. The zero-order chi connectivity index (χ0) is 18.8. The maximum absolute atomic E-state index is 12.7. The van der Waals surface area contributed by atoms with E-state index in [1.165, 1.54) is 9.96 Å². The first-order valence-corrected chi connectivity index (χ1v) is 9.10. The minimum atomic E-state index is -0.593. The molecule has 0 unspecified atom stereocenters. The van der Waals surface area contributed by atoms with Crippen molar-refractivity contribution in [1.82, 2.24) is 20.8 Å². The molecule has 2 bridgehead atoms. The van der Waals surface area contributed by atoms with E-state index in [1.807, 2.05) is 30.3 Å². The minimum Gasteiger partial charge on any atom is -0.353 e. The average molecular weight is 374 g/mol. The van der Waals surface area contributed by atoms with Crippen LogP contribution in [0.25, 0.3) is 0 Å². The number of amides is 4. The molecule has 1 aromatic carbocycles. The number of carbonyl (C=O) groups excluding carboxylic acids is 3. The molecular formula is C18H22N4O5. The number of hydroxylamine groups is 3. The summed E-state index contributed by atoms with van der Waals surface area (Å²) < 4.78 is 0. The van der Waals surface area contributed by atoms with Crippen molar-refractivity contribution in [2.45, 2.75) is 44.1 Å². The Balaban J connectivity index is 1.32. The van der Waals surface area contributed by atoms with Crippen molar-refractivity contribution in [2.75, 3.05) is 13.1 Å². The zero-order valence-corrected chi connectivity index (χ0v) is 14.8. The molecule has 0 spiro atoms. The number of hydrogen-bond acceptors (Lipinski definition) is 5. The van der Waals surface area contributed by atoms with Gasteiger partial charge in [-0.25, -0.2) is 10.3 Å². The highest BCUT2D eigenvalue weighted by atomic mass is 16.7. The van der Waals surface area contributed by atoms with Crippen LogP contribution in [0.2, 0.25) is 0 Å². The van der Waals surface area contributed by atoms with E-state index in [0.717, 1.165) is 5.56 Å². The van der Waals surface area contributed by atoms with Crippen LogP contribution in [0.4, 0.5) is 4.79 Å². The lowest BCUT2D eigenvalue weighted by atomic mass is 10.0. The highest BCUT2D eigenvalue weighted by molar-refractivity contribution is 5.88. The largest absolute Gasteiger partial charge is 0.353 e. The van der Waals surface area contributed by atoms with E-state index < -0.39 is 6.04 Å². The molecule has 1 aromatic rings. The van der Waals surface area contributed by atoms with Gasteiger partial charge in [-0.05, 0) is 18.4 Å². The fraction of sp³-hybridized carbons (Fsp3) is 0.500. The lowest BCUT2D eigenvalue weighted by Gasteiger charge is -2.29. The van der Waals surface area contributed by atoms with Crippen molar-refractivity contribution in [3.05, 3.63) is 35.9 Å². The molecule has 3 aliphatic rings. The fourth-order valence-corrected chi connectivity index (χ4v) is 3.66. The van der Waals surface area contributed by atoms with E-state index in [9.17, 15) is 14.4 Å². The molecule has 2 N–H and O–H groups in total. The molecule has 3 atom stereocenters. The van der Waals surface area contributed by atoms with Crippen molar-refractivity contribution in [2.24, 2.45) is 0 Å². The Morgan fingerprint density at radius 3 is 2.78 bits per heavy atom. The summed E-state index contributed by atoms with van der Waals surface area (Å²) in [7, 11) is 0. The molecule has 27 heavy (non-hydrogen) atoms. The number of piperidine rings is 1. The summed E-state index contributed by atoms with van der Waals surface area (Å²) in [6.07, 6.45) is 1.06. The van der Waals surface area contributed by atoms with Crippen LogP contribution in [0, 0.1) is 0 Å². The summed E-state index contributed by atoms with van der Waals surface area (Å²) in [6.45, 7) is 1.13. The lowest BCUT2D eigenvalue weighted by Crippen LogP contribution is -2.50. The van der Waals surface area contributed by atoms with Crippen molar-refractivity contribution in [3.63, 3.8) is 0 Å². The summed E-state index contributed by atoms with van der Waals surface area (Å²) in [6, 6.07) is 8.68. The number of hydrogen-bond donors (Lipinski definition) is 2. The van der Waals surface area contributed by atoms with Gasteiger partial charge in [0.25, 0.3) is 5.91 Å². The van der Waals surface area contributed by atoms with Gasteiger partial charge in [0, 0.05) is 13.1 Å². The van der Waals surface area contributed by atoms with Crippen molar-refractivity contribution >= 4 is 17.8 Å². The van der Waals surface area contributed by atoms with Crippen LogP contribution in [0.1, 0.15) is 24.8 Å². The topological polar surface area (TPSA) is 100 Å². The van der Waals surface area contributed by atoms with Gasteiger partial charge in [-0.3, -0.25) is 19.3 Å². The molecule has 3 fully saturated rings. The van der Waals surface area contributed by atoms with Crippen LogP contribution in [0.3, 0.4) is 0 Å². The lowest BCUT2D eigenvalue weighted by molar-refractivity contribution is -0.144. The van der Waals surface area contributed by atoms with Gasteiger partial charge < -0.3 is 10.2 Å². The van der Waals surface area contributed by atoms with Crippen molar-refractivity contribution in [3.8, 4) is 0 Å². The van der Waals surface area contributed by atoms with Crippen LogP contribution in [0.5, 0.6) is 0 Å². The minimum absolute atomic E-state index is 0.0529. The van der Waals surface area contributed by atoms with Crippen LogP contribution in [-0.2, 0) is 25.9 Å². The molecule has 4 amide bonds. The number of nitrogens with zero attached hydrogens (tertiary/aromatic N) is 2. The van der Waals surface area contributed by atoms with Crippen molar-refractivity contribution < 1.29 is 24.1 Å². The smallest absolute Gasteiger partial charge is 0.345 e. The fourth-order valence-electron chi connectivity index (χ4n) is 3.66. The first-order chi connectivity index (χ1) is 13.1. The van der Waals surface area contributed by atoms with E-state index in [-0.39, 0.29) is 36.4 Å². The monoisotopic (exact) mass is 374 g/mol. The number of urea groups is 1. The Morgan fingerprint density at radius 1 is 1.22 bits per heavy atom. The van der Waals surface area contributed by atoms with Gasteiger partial charge in [0.05, 0.1) is 12.5 Å². The standard InChI is InChI=1S/C18H22N4O5/c23-16-8-14(9-19-16)27-20-17(24)15-7-6-13-10-21(15)18(25)22(13)26-11-12-4-2-1-3-5-12/h1-5,13-15H,6-11H2,(H,19,23)(H,20,24)/t13-,14-,15+/m1/s1. The van der Waals surface area contributed by atoms with Crippen LogP contribution in [-0.4, -0.2) is 59.1 Å². The summed E-state index contributed by atoms with van der Waals surface area (Å²) in [5, 5.41) is 4.03. The first-order valence-electron chi connectivity index (χ1n) is 9.10. The van der Waals surface area contributed by atoms with Crippen molar-refractivity contribution in [1.29, 1.82) is 0 Å². The quantitative estimate of drug-likeness (QED) is 0.699. The number of benzene rings is 1. The number of rotatable bonds is 6. The molecule has 0 saturated carbocycles. The predicted molar refractivity (Wildman–Crippen MR) is 92.6 cm³/mol. The summed E-state index contributed by atoms with van der Waals surface area (Å²) in [5.41, 5.74) is 3.38. The molecule has 0 aliphatic carbocycles. The van der Waals surface area contributed by atoms with Gasteiger partial charge in [-0.1, -0.05) is 30.3 Å². The van der Waals surface area contributed by atoms with Crippen LogP contribution < -0.4 is 10.8 Å². The van der Waals surface area contributed by atoms with E-state index in [4.69, 9.17) is 9.68 Å². The Hall–Kier alpha value is -2.65. The second kappa shape index (κ2) is 7.53. The predicted octanol–water partition coefficient (Wildman–Crippen LogP) is 0.323. The highest BCUT2D eigenvalue weighted by Gasteiger charge is 2.48. The third kappa shape index (κ3) is 3.74. The Morgan fingerprint density at radius 2 is 2.04 bits per heavy atom. The molecule has 0 radical (unpaired) electrons. The average Bonchev–Trinajstić information content (AvgIpc) is 3.21. The molecule has 3 saturated heterocycles. The molecule has 0 aromatic heterocycles. The van der Waals surface area contributed by atoms with Gasteiger partial charge in [-0.15, -0.1) is 0 Å². The number of fused-ring (bicyclic) bond motifs is 2.